The number of carbonyl (C=O) groups is 2. The Balaban J connectivity index is 0.863. The predicted octanol–water partition coefficient (Wildman–Crippen LogP) is 7.74. The molecule has 1 aliphatic carbocycles. The Labute approximate surface area is 318 Å². The van der Waals surface area contributed by atoms with Crippen LogP contribution in [0.2, 0.25) is 0 Å². The Morgan fingerprint density at radius 2 is 1.81 bits per heavy atom. The van der Waals surface area contributed by atoms with Crippen molar-refractivity contribution in [2.24, 2.45) is 17.8 Å². The lowest BCUT2D eigenvalue weighted by Crippen LogP contribution is -2.37. The van der Waals surface area contributed by atoms with Gasteiger partial charge in [0.1, 0.15) is 5.75 Å². The van der Waals surface area contributed by atoms with Crippen molar-refractivity contribution in [2.45, 2.75) is 51.5 Å². The number of esters is 1. The van der Waals surface area contributed by atoms with Crippen LogP contribution in [-0.4, -0.2) is 55.2 Å². The second-order valence-electron chi connectivity index (χ2n) is 14.1. The lowest BCUT2D eigenvalue weighted by Gasteiger charge is -2.40. The van der Waals surface area contributed by atoms with Crippen LogP contribution >= 0.6 is 22.7 Å². The van der Waals surface area contributed by atoms with Crippen molar-refractivity contribution in [1.82, 2.24) is 15.3 Å². The van der Waals surface area contributed by atoms with Crippen LogP contribution in [0.3, 0.4) is 0 Å². The molecule has 11 heteroatoms. The molecule has 53 heavy (non-hydrogen) atoms. The first-order valence-corrected chi connectivity index (χ1v) is 20.2. The van der Waals surface area contributed by atoms with E-state index in [4.69, 9.17) is 14.5 Å². The van der Waals surface area contributed by atoms with Crippen molar-refractivity contribution in [3.63, 3.8) is 0 Å². The molecule has 1 saturated carbocycles. The molecule has 9 nitrogen and oxygen atoms in total. The molecule has 2 aromatic heterocycles. The number of methoxy groups -OCH3 is 1. The van der Waals surface area contributed by atoms with Gasteiger partial charge in [0, 0.05) is 35.0 Å². The number of thiazole rings is 2. The minimum Gasteiger partial charge on any atom is -0.494 e. The molecule has 3 aliphatic rings. The second kappa shape index (κ2) is 16.1. The number of rotatable bonds is 10. The van der Waals surface area contributed by atoms with Gasteiger partial charge in [-0.2, -0.15) is 0 Å². The molecule has 272 valence electrons. The number of fused-ring (bicyclic) bond motifs is 2. The molecule has 0 bridgehead atoms. The third kappa shape index (κ3) is 8.10. The van der Waals surface area contributed by atoms with Gasteiger partial charge in [0.25, 0.3) is 5.91 Å². The van der Waals surface area contributed by atoms with Crippen molar-refractivity contribution < 1.29 is 19.1 Å². The Hall–Kier alpha value is -4.76. The summed E-state index contributed by atoms with van der Waals surface area (Å²) in [4.78, 5) is 38.7. The number of hydrogen-bond donors (Lipinski definition) is 2. The topological polar surface area (TPSA) is 106 Å². The second-order valence-corrected chi connectivity index (χ2v) is 16.2. The van der Waals surface area contributed by atoms with Crippen molar-refractivity contribution in [2.75, 3.05) is 43.6 Å². The first-order valence-electron chi connectivity index (χ1n) is 18.6. The van der Waals surface area contributed by atoms with Crippen LogP contribution in [0.1, 0.15) is 74.5 Å². The fourth-order valence-electron chi connectivity index (χ4n) is 7.67. The maximum atomic E-state index is 13.5. The minimum atomic E-state index is -0.447. The van der Waals surface area contributed by atoms with Crippen molar-refractivity contribution in [3.8, 4) is 17.6 Å². The van der Waals surface area contributed by atoms with Gasteiger partial charge in [0.2, 0.25) is 0 Å². The summed E-state index contributed by atoms with van der Waals surface area (Å²) in [5, 5.41) is 7.80. The highest BCUT2D eigenvalue weighted by Gasteiger charge is 2.34. The Morgan fingerprint density at radius 1 is 0.981 bits per heavy atom. The number of hydrogen-bond acceptors (Lipinski definition) is 10. The number of aryl methyl sites for hydroxylation is 1. The van der Waals surface area contributed by atoms with E-state index in [0.29, 0.717) is 48.3 Å². The zero-order chi connectivity index (χ0) is 36.1. The highest BCUT2D eigenvalue weighted by molar-refractivity contribution is 7.22. The molecule has 1 amide bonds. The zero-order valence-electron chi connectivity index (χ0n) is 29.9. The number of anilines is 2. The van der Waals surface area contributed by atoms with E-state index in [9.17, 15) is 9.59 Å². The molecule has 0 unspecified atom stereocenters. The summed E-state index contributed by atoms with van der Waals surface area (Å²) in [6.07, 6.45) is 7.23. The Kier molecular flexibility index (Phi) is 10.7. The normalized spacial score (nSPS) is 18.4. The van der Waals surface area contributed by atoms with Crippen LogP contribution in [-0.2, 0) is 24.1 Å². The molecule has 3 aromatic carbocycles. The molecule has 2 fully saturated rings. The van der Waals surface area contributed by atoms with Crippen LogP contribution in [0.25, 0.3) is 10.2 Å². The monoisotopic (exact) mass is 745 g/mol. The maximum Gasteiger partial charge on any atom is 0.357 e. The largest absolute Gasteiger partial charge is 0.494 e. The van der Waals surface area contributed by atoms with Gasteiger partial charge in [-0.3, -0.25) is 10.1 Å². The SMILES string of the molecule is COC(=O)c1nc(N2CCc3cccc(C(=O)Nc4nc5ccccc5s4)c3C2)sc1CCCOc1ccc(C#CC2CC(C3CCNCC3)C2)cc1. The van der Waals surface area contributed by atoms with E-state index in [-0.39, 0.29) is 5.91 Å². The van der Waals surface area contributed by atoms with E-state index in [1.165, 1.54) is 68.6 Å². The van der Waals surface area contributed by atoms with E-state index in [0.717, 1.165) is 67.5 Å². The molecule has 2 N–H and O–H groups in total. The standard InChI is InChI=1S/C42H43N5O4S2/c1-50-40(49)38-37(10-5-23-51-32-15-13-27(14-16-32)11-12-28-24-31(25-28)29-17-20-43-21-18-29)53-42(45-38)47-22-19-30-6-4-7-33(34(30)26-47)39(48)46-41-44-35-8-2-3-9-36(35)52-41/h2-4,6-9,13-16,28-29,31,43H,5,10,17-26H2,1H3,(H,44,46,48). The number of amides is 1. The average Bonchev–Trinajstić information content (AvgIpc) is 3.80. The molecule has 8 rings (SSSR count). The molecule has 0 atom stereocenters. The molecule has 5 aromatic rings. The summed E-state index contributed by atoms with van der Waals surface area (Å²) in [5.74, 6) is 9.31. The smallest absolute Gasteiger partial charge is 0.357 e. The van der Waals surface area contributed by atoms with Crippen molar-refractivity contribution >= 4 is 55.0 Å². The zero-order valence-corrected chi connectivity index (χ0v) is 31.5. The van der Waals surface area contributed by atoms with E-state index in [2.05, 4.69) is 38.4 Å². The first kappa shape index (κ1) is 35.3. The molecule has 4 heterocycles. The predicted molar refractivity (Wildman–Crippen MR) is 211 cm³/mol. The lowest BCUT2D eigenvalue weighted by molar-refractivity contribution is 0.0593. The van der Waals surface area contributed by atoms with Gasteiger partial charge in [-0.05, 0) is 123 Å². The van der Waals surface area contributed by atoms with E-state index in [1.807, 2.05) is 60.7 Å². The number of ether oxygens (including phenoxy) is 2. The first-order chi connectivity index (χ1) is 26.0. The van der Waals surface area contributed by atoms with Gasteiger partial charge < -0.3 is 19.7 Å². The van der Waals surface area contributed by atoms with Crippen LogP contribution < -0.4 is 20.3 Å². The van der Waals surface area contributed by atoms with Crippen LogP contribution in [0, 0.1) is 29.6 Å². The molecular weight excluding hydrogens is 703 g/mol. The number of nitrogens with zero attached hydrogens (tertiary/aromatic N) is 3. The van der Waals surface area contributed by atoms with E-state index in [1.54, 1.807) is 0 Å². The van der Waals surface area contributed by atoms with E-state index >= 15 is 0 Å². The summed E-state index contributed by atoms with van der Waals surface area (Å²) in [7, 11) is 1.38. The molecule has 0 spiro atoms. The van der Waals surface area contributed by atoms with Crippen LogP contribution in [0.4, 0.5) is 10.3 Å². The van der Waals surface area contributed by atoms with Crippen molar-refractivity contribution in [1.29, 1.82) is 0 Å². The Morgan fingerprint density at radius 3 is 2.62 bits per heavy atom. The number of para-hydroxylation sites is 1. The van der Waals surface area contributed by atoms with Gasteiger partial charge in [-0.15, -0.1) is 11.3 Å². The summed E-state index contributed by atoms with van der Waals surface area (Å²) in [6.45, 7) is 4.07. The number of carbonyl (C=O) groups excluding carboxylic acids is 2. The molecular formula is C42H43N5O4S2. The summed E-state index contributed by atoms with van der Waals surface area (Å²) in [6, 6.07) is 21.7. The van der Waals surface area contributed by atoms with Crippen molar-refractivity contribution in [3.05, 3.63) is 99.6 Å². The summed E-state index contributed by atoms with van der Waals surface area (Å²) < 4.78 is 12.2. The van der Waals surface area contributed by atoms with Gasteiger partial charge >= 0.3 is 5.97 Å². The number of piperidine rings is 1. The van der Waals surface area contributed by atoms with Gasteiger partial charge in [0.15, 0.2) is 16.0 Å². The maximum absolute atomic E-state index is 13.5. The van der Waals surface area contributed by atoms with Gasteiger partial charge in [0.05, 0.1) is 23.9 Å². The molecule has 0 radical (unpaired) electrons. The van der Waals surface area contributed by atoms with Crippen LogP contribution in [0.5, 0.6) is 5.75 Å². The lowest BCUT2D eigenvalue weighted by atomic mass is 9.66. The van der Waals surface area contributed by atoms with E-state index < -0.39 is 5.97 Å². The number of aromatic nitrogens is 2. The molecule has 2 aliphatic heterocycles. The van der Waals surface area contributed by atoms with Gasteiger partial charge in [-0.25, -0.2) is 14.8 Å². The summed E-state index contributed by atoms with van der Waals surface area (Å²) >= 11 is 2.96. The fraction of sp³-hybridized carbons (Fsp3) is 0.381. The number of benzene rings is 3. The third-order valence-electron chi connectivity index (χ3n) is 10.7. The molecule has 1 saturated heterocycles. The fourth-order valence-corrected chi connectivity index (χ4v) is 9.65. The Bertz CT molecular complexity index is 2120. The highest BCUT2D eigenvalue weighted by Crippen LogP contribution is 2.42. The number of nitrogens with one attached hydrogen (secondary N) is 2. The third-order valence-corrected chi connectivity index (χ3v) is 12.8. The highest BCUT2D eigenvalue weighted by atomic mass is 32.1. The summed E-state index contributed by atoms with van der Waals surface area (Å²) in [5.41, 5.74) is 4.94. The van der Waals surface area contributed by atoms with Gasteiger partial charge in [-0.1, -0.05) is 47.4 Å². The van der Waals surface area contributed by atoms with Crippen LogP contribution in [0.15, 0.2) is 66.7 Å². The quantitative estimate of drug-likeness (QED) is 0.0850. The minimum absolute atomic E-state index is 0.185. The average molecular weight is 746 g/mol.